The Hall–Kier alpha value is -0.835. The maximum Gasteiger partial charge on any atom is 0.306 e. The molecule has 4 nitrogen and oxygen atoms in total. The topological polar surface area (TPSA) is 63.6 Å². The van der Waals surface area contributed by atoms with Gasteiger partial charge in [-0.2, -0.15) is 0 Å². The third kappa shape index (κ3) is 7.52. The number of rotatable bonds is 6. The van der Waals surface area contributed by atoms with Gasteiger partial charge >= 0.3 is 5.97 Å². The van der Waals surface area contributed by atoms with E-state index in [1.165, 1.54) is 6.92 Å². The minimum atomic E-state index is -0.379. The van der Waals surface area contributed by atoms with Gasteiger partial charge in [0, 0.05) is 13.0 Å². The van der Waals surface area contributed by atoms with Crippen molar-refractivity contribution in [3.05, 3.63) is 0 Å². The van der Waals surface area contributed by atoms with Crippen LogP contribution in [-0.2, 0) is 14.3 Å². The number of esters is 1. The lowest BCUT2D eigenvalue weighted by molar-refractivity contribution is -0.144. The van der Waals surface area contributed by atoms with Crippen LogP contribution < -0.4 is 0 Å². The maximum atomic E-state index is 10.9. The van der Waals surface area contributed by atoms with Crippen molar-refractivity contribution < 1.29 is 19.4 Å². The maximum absolute atomic E-state index is 10.9. The first-order chi connectivity index (χ1) is 6.06. The number of carbonyl (C=O) groups excluding carboxylic acids is 2. The van der Waals surface area contributed by atoms with E-state index >= 15 is 0 Å². The van der Waals surface area contributed by atoms with Crippen molar-refractivity contribution >= 4 is 19.6 Å². The average Bonchev–Trinajstić information content (AvgIpc) is 2.10. The van der Waals surface area contributed by atoms with E-state index in [0.29, 0.717) is 0 Å². The molecule has 0 bridgehead atoms. The van der Waals surface area contributed by atoms with Crippen LogP contribution in [0.25, 0.3) is 0 Å². The lowest BCUT2D eigenvalue weighted by atomic mass is 9.89. The third-order valence-electron chi connectivity index (χ3n) is 1.52. The van der Waals surface area contributed by atoms with E-state index in [1.807, 2.05) is 0 Å². The fourth-order valence-electron chi connectivity index (χ4n) is 0.638. The van der Waals surface area contributed by atoms with Crippen molar-refractivity contribution in [1.29, 1.82) is 0 Å². The molecule has 74 valence electrons. The second-order valence-corrected chi connectivity index (χ2v) is 3.17. The molecule has 0 aromatic carbocycles. The summed E-state index contributed by atoms with van der Waals surface area (Å²) < 4.78 is 4.79. The van der Waals surface area contributed by atoms with Crippen LogP contribution in [0.4, 0.5) is 0 Å². The fourth-order valence-corrected chi connectivity index (χ4v) is 0.638. The van der Waals surface area contributed by atoms with Crippen molar-refractivity contribution in [3.8, 4) is 0 Å². The number of aliphatic hydroxyl groups excluding tert-OH is 1. The number of hydrogen-bond acceptors (Lipinski definition) is 4. The zero-order valence-electron chi connectivity index (χ0n) is 8.08. The second kappa shape index (κ2) is 6.66. The highest BCUT2D eigenvalue weighted by Crippen LogP contribution is 2.00. The van der Waals surface area contributed by atoms with Gasteiger partial charge in [-0.25, -0.2) is 0 Å². The largest absolute Gasteiger partial charge is 0.466 e. The number of carbonyl (C=O) groups is 2. The summed E-state index contributed by atoms with van der Waals surface area (Å²) >= 11 is 0. The summed E-state index contributed by atoms with van der Waals surface area (Å²) in [7, 11) is 1.78. The quantitative estimate of drug-likeness (QED) is 0.440. The zero-order valence-corrected chi connectivity index (χ0v) is 8.08. The average molecular weight is 186 g/mol. The first-order valence-electron chi connectivity index (χ1n) is 4.32. The van der Waals surface area contributed by atoms with E-state index in [4.69, 9.17) is 9.84 Å². The normalized spacial score (nSPS) is 12.2. The van der Waals surface area contributed by atoms with Gasteiger partial charge in [-0.1, -0.05) is 0 Å². The van der Waals surface area contributed by atoms with Crippen molar-refractivity contribution in [3.63, 3.8) is 0 Å². The van der Waals surface area contributed by atoms with Gasteiger partial charge in [-0.15, -0.1) is 0 Å². The monoisotopic (exact) mass is 186 g/mol. The van der Waals surface area contributed by atoms with Crippen LogP contribution in [-0.4, -0.2) is 37.9 Å². The number of aliphatic hydroxyl groups is 1. The highest BCUT2D eigenvalue weighted by Gasteiger charge is 2.07. The van der Waals surface area contributed by atoms with Crippen LogP contribution in [0.1, 0.15) is 19.8 Å². The summed E-state index contributed by atoms with van der Waals surface area (Å²) in [5.74, 6) is -0.441. The molecule has 0 heterocycles. The van der Waals surface area contributed by atoms with Gasteiger partial charge in [0.2, 0.25) is 0 Å². The van der Waals surface area contributed by atoms with Gasteiger partial charge in [0.15, 0.2) is 0 Å². The zero-order chi connectivity index (χ0) is 10.3. The van der Waals surface area contributed by atoms with Crippen LogP contribution in [0.15, 0.2) is 0 Å². The lowest BCUT2D eigenvalue weighted by Gasteiger charge is -2.08. The van der Waals surface area contributed by atoms with Crippen LogP contribution >= 0.6 is 0 Å². The standard InChI is InChI=1S/C8H15BO4/c1-6(11)2-3-8(12)13-5-7(9)4-10/h7,10H,2-5,9H2,1H3. The molecule has 1 unspecified atom stereocenters. The lowest BCUT2D eigenvalue weighted by Crippen LogP contribution is -2.13. The van der Waals surface area contributed by atoms with E-state index in [9.17, 15) is 9.59 Å². The SMILES string of the molecule is BC(CO)COC(=O)CCC(C)=O. The van der Waals surface area contributed by atoms with E-state index in [0.717, 1.165) is 0 Å². The molecule has 0 saturated carbocycles. The molecule has 0 amide bonds. The first-order valence-corrected chi connectivity index (χ1v) is 4.32. The minimum absolute atomic E-state index is 0.0000116. The van der Waals surface area contributed by atoms with Crippen LogP contribution in [0.3, 0.4) is 0 Å². The molecule has 0 spiro atoms. The van der Waals surface area contributed by atoms with Gasteiger partial charge in [0.25, 0.3) is 0 Å². The Morgan fingerprint density at radius 1 is 1.46 bits per heavy atom. The second-order valence-electron chi connectivity index (χ2n) is 3.17. The Balaban J connectivity index is 3.46. The Bertz CT molecular complexity index is 181. The Labute approximate surface area is 78.7 Å². The van der Waals surface area contributed by atoms with E-state index in [2.05, 4.69) is 0 Å². The summed E-state index contributed by atoms with van der Waals surface area (Å²) in [6.07, 6.45) is 0.361. The molecule has 5 heteroatoms. The summed E-state index contributed by atoms with van der Waals surface area (Å²) in [6.45, 7) is 1.65. The summed E-state index contributed by atoms with van der Waals surface area (Å²) in [6, 6.07) is 0. The Morgan fingerprint density at radius 3 is 2.54 bits per heavy atom. The van der Waals surface area contributed by atoms with Crippen LogP contribution in [0, 0.1) is 0 Å². The smallest absolute Gasteiger partial charge is 0.306 e. The van der Waals surface area contributed by atoms with E-state index in [-0.39, 0.29) is 43.6 Å². The van der Waals surface area contributed by atoms with E-state index < -0.39 is 0 Å². The Kier molecular flexibility index (Phi) is 6.23. The molecule has 0 aliphatic carbocycles. The molecule has 0 aromatic heterocycles. The Morgan fingerprint density at radius 2 is 2.08 bits per heavy atom. The van der Waals surface area contributed by atoms with Crippen LogP contribution in [0.5, 0.6) is 0 Å². The summed E-state index contributed by atoms with van der Waals surface area (Å²) in [5.41, 5.74) is 0. The number of ketones is 1. The van der Waals surface area contributed by atoms with Crippen molar-refractivity contribution in [2.75, 3.05) is 13.2 Å². The van der Waals surface area contributed by atoms with Gasteiger partial charge in [0.05, 0.1) is 13.0 Å². The van der Waals surface area contributed by atoms with Crippen molar-refractivity contribution in [2.45, 2.75) is 25.6 Å². The molecular formula is C8H15BO4. The fraction of sp³-hybridized carbons (Fsp3) is 0.750. The highest BCUT2D eigenvalue weighted by molar-refractivity contribution is 6.11. The van der Waals surface area contributed by atoms with Crippen molar-refractivity contribution in [2.24, 2.45) is 0 Å². The summed E-state index contributed by atoms with van der Waals surface area (Å²) in [4.78, 5) is 21.4. The number of Topliss-reactive ketones (excluding diaryl/α,β-unsaturated/α-hetero) is 1. The molecule has 0 radical (unpaired) electrons. The third-order valence-corrected chi connectivity index (χ3v) is 1.52. The molecule has 0 aliphatic rings. The predicted molar refractivity (Wildman–Crippen MR) is 50.3 cm³/mol. The molecular weight excluding hydrogens is 171 g/mol. The first kappa shape index (κ1) is 12.2. The van der Waals surface area contributed by atoms with E-state index in [1.54, 1.807) is 7.85 Å². The van der Waals surface area contributed by atoms with Crippen molar-refractivity contribution in [1.82, 2.24) is 0 Å². The molecule has 1 N–H and O–H groups in total. The number of ether oxygens (including phenoxy) is 1. The molecule has 1 atom stereocenters. The van der Waals surface area contributed by atoms with Gasteiger partial charge in [-0.05, 0) is 12.7 Å². The minimum Gasteiger partial charge on any atom is -0.466 e. The molecule has 0 fully saturated rings. The molecule has 13 heavy (non-hydrogen) atoms. The molecule has 0 aromatic rings. The van der Waals surface area contributed by atoms with Gasteiger partial charge in [-0.3, -0.25) is 4.79 Å². The molecule has 0 saturated heterocycles. The molecule has 0 rings (SSSR count). The van der Waals surface area contributed by atoms with Gasteiger partial charge < -0.3 is 14.6 Å². The summed E-state index contributed by atoms with van der Waals surface area (Å²) in [5, 5.41) is 8.62. The van der Waals surface area contributed by atoms with Crippen LogP contribution in [0.2, 0.25) is 5.82 Å². The number of hydrogen-bond donors (Lipinski definition) is 1. The van der Waals surface area contributed by atoms with Gasteiger partial charge in [0.1, 0.15) is 13.6 Å². The molecule has 0 aliphatic heterocycles. The highest BCUT2D eigenvalue weighted by atomic mass is 16.5. The predicted octanol–water partition coefficient (Wildman–Crippen LogP) is -0.687.